The van der Waals surface area contributed by atoms with Crippen molar-refractivity contribution in [3.8, 4) is 11.5 Å². The lowest BCUT2D eigenvalue weighted by molar-refractivity contribution is 0.0734. The highest BCUT2D eigenvalue weighted by atomic mass is 16.5. The van der Waals surface area contributed by atoms with Gasteiger partial charge in [0.15, 0.2) is 0 Å². The van der Waals surface area contributed by atoms with E-state index in [1.807, 2.05) is 23.1 Å². The minimum atomic E-state index is 0.0246. The molecule has 1 amide bonds. The molecule has 1 aromatic carbocycles. The number of pyridine rings is 1. The van der Waals surface area contributed by atoms with E-state index >= 15 is 0 Å². The van der Waals surface area contributed by atoms with E-state index in [1.165, 1.54) is 0 Å². The van der Waals surface area contributed by atoms with Crippen molar-refractivity contribution in [2.75, 3.05) is 20.8 Å². The Morgan fingerprint density at radius 2 is 1.96 bits per heavy atom. The van der Waals surface area contributed by atoms with Crippen molar-refractivity contribution >= 4 is 5.91 Å². The summed E-state index contributed by atoms with van der Waals surface area (Å²) < 4.78 is 10.8. The van der Waals surface area contributed by atoms with Crippen LogP contribution in [0.5, 0.6) is 11.5 Å². The van der Waals surface area contributed by atoms with E-state index in [0.29, 0.717) is 5.56 Å². The molecule has 0 aliphatic carbocycles. The number of carbonyl (C=O) groups excluding carboxylic acids is 1. The molecule has 0 spiro atoms. The van der Waals surface area contributed by atoms with Crippen LogP contribution in [0, 0.1) is 0 Å². The first-order valence-electron chi connectivity index (χ1n) is 7.67. The first-order valence-corrected chi connectivity index (χ1v) is 7.67. The van der Waals surface area contributed by atoms with Crippen LogP contribution < -0.4 is 9.47 Å². The monoisotopic (exact) mass is 312 g/mol. The van der Waals surface area contributed by atoms with Crippen molar-refractivity contribution in [3.05, 3.63) is 53.9 Å². The van der Waals surface area contributed by atoms with Gasteiger partial charge >= 0.3 is 0 Å². The van der Waals surface area contributed by atoms with Gasteiger partial charge in [-0.3, -0.25) is 9.78 Å². The second-order valence-corrected chi connectivity index (χ2v) is 5.50. The third kappa shape index (κ3) is 2.99. The zero-order valence-corrected chi connectivity index (χ0v) is 13.4. The van der Waals surface area contributed by atoms with E-state index in [1.54, 1.807) is 38.7 Å². The van der Waals surface area contributed by atoms with E-state index < -0.39 is 0 Å². The molecular formula is C18H20N2O3. The zero-order valence-electron chi connectivity index (χ0n) is 13.4. The van der Waals surface area contributed by atoms with Gasteiger partial charge in [-0.15, -0.1) is 0 Å². The maximum Gasteiger partial charge on any atom is 0.254 e. The predicted molar refractivity (Wildman–Crippen MR) is 86.8 cm³/mol. The molecule has 0 unspecified atom stereocenters. The molecule has 0 saturated carbocycles. The molecule has 0 radical (unpaired) electrons. The summed E-state index contributed by atoms with van der Waals surface area (Å²) in [6, 6.07) is 9.29. The van der Waals surface area contributed by atoms with Crippen molar-refractivity contribution in [2.24, 2.45) is 0 Å². The molecule has 1 aromatic heterocycles. The lowest BCUT2D eigenvalue weighted by Gasteiger charge is -2.26. The fourth-order valence-electron chi connectivity index (χ4n) is 3.09. The zero-order chi connectivity index (χ0) is 16.2. The lowest BCUT2D eigenvalue weighted by atomic mass is 10.0. The first-order chi connectivity index (χ1) is 11.2. The highest BCUT2D eigenvalue weighted by molar-refractivity contribution is 5.94. The molecule has 0 N–H and O–H groups in total. The molecule has 3 rings (SSSR count). The lowest BCUT2D eigenvalue weighted by Crippen LogP contribution is -2.30. The van der Waals surface area contributed by atoms with E-state index in [9.17, 15) is 4.79 Å². The van der Waals surface area contributed by atoms with Crippen LogP contribution in [0.2, 0.25) is 0 Å². The number of hydrogen-bond acceptors (Lipinski definition) is 4. The smallest absolute Gasteiger partial charge is 0.254 e. The van der Waals surface area contributed by atoms with Gasteiger partial charge in [-0.1, -0.05) is 0 Å². The van der Waals surface area contributed by atoms with Crippen LogP contribution in [0.4, 0.5) is 0 Å². The molecule has 1 saturated heterocycles. The maximum absolute atomic E-state index is 12.8. The Labute approximate surface area is 135 Å². The molecule has 2 heterocycles. The fourth-order valence-corrected chi connectivity index (χ4v) is 3.09. The van der Waals surface area contributed by atoms with E-state index in [2.05, 4.69) is 4.98 Å². The summed E-state index contributed by atoms with van der Waals surface area (Å²) in [6.07, 6.45) is 5.20. The molecule has 120 valence electrons. The first kappa shape index (κ1) is 15.3. The van der Waals surface area contributed by atoms with Crippen LogP contribution in [-0.4, -0.2) is 36.6 Å². The maximum atomic E-state index is 12.8. The molecule has 5 nitrogen and oxygen atoms in total. The van der Waals surface area contributed by atoms with Crippen LogP contribution in [0.25, 0.3) is 0 Å². The van der Waals surface area contributed by atoms with Gasteiger partial charge < -0.3 is 14.4 Å². The van der Waals surface area contributed by atoms with Crippen molar-refractivity contribution in [2.45, 2.75) is 18.9 Å². The Kier molecular flexibility index (Phi) is 4.46. The quantitative estimate of drug-likeness (QED) is 0.870. The third-order valence-corrected chi connectivity index (χ3v) is 4.24. The van der Waals surface area contributed by atoms with Crippen LogP contribution in [0.3, 0.4) is 0 Å². The van der Waals surface area contributed by atoms with Gasteiger partial charge in [0.05, 0.1) is 20.3 Å². The number of methoxy groups -OCH3 is 2. The van der Waals surface area contributed by atoms with Gasteiger partial charge in [0.25, 0.3) is 5.91 Å². The fraction of sp³-hybridized carbons (Fsp3) is 0.333. The van der Waals surface area contributed by atoms with Gasteiger partial charge in [0.2, 0.25) is 0 Å². The summed E-state index contributed by atoms with van der Waals surface area (Å²) in [7, 11) is 3.27. The molecule has 23 heavy (non-hydrogen) atoms. The second kappa shape index (κ2) is 6.69. The summed E-state index contributed by atoms with van der Waals surface area (Å²) in [5.74, 6) is 1.53. The van der Waals surface area contributed by atoms with Gasteiger partial charge in [-0.05, 0) is 37.1 Å². The van der Waals surface area contributed by atoms with Crippen LogP contribution in [-0.2, 0) is 0 Å². The highest BCUT2D eigenvalue weighted by Crippen LogP contribution is 2.39. The normalized spacial score (nSPS) is 17.1. The minimum absolute atomic E-state index is 0.0246. The number of rotatable bonds is 4. The Morgan fingerprint density at radius 3 is 2.65 bits per heavy atom. The highest BCUT2D eigenvalue weighted by Gasteiger charge is 2.32. The average Bonchev–Trinajstić information content (AvgIpc) is 3.10. The molecule has 0 bridgehead atoms. The Morgan fingerprint density at radius 1 is 1.17 bits per heavy atom. The summed E-state index contributed by atoms with van der Waals surface area (Å²) >= 11 is 0. The largest absolute Gasteiger partial charge is 0.497 e. The Hall–Kier alpha value is -2.56. The van der Waals surface area contributed by atoms with Gasteiger partial charge in [0.1, 0.15) is 11.5 Å². The topological polar surface area (TPSA) is 51.7 Å². The summed E-state index contributed by atoms with van der Waals surface area (Å²) in [4.78, 5) is 18.7. The summed E-state index contributed by atoms with van der Waals surface area (Å²) in [6.45, 7) is 0.751. The summed E-state index contributed by atoms with van der Waals surface area (Å²) in [5.41, 5.74) is 1.69. The molecule has 1 aliphatic heterocycles. The third-order valence-electron chi connectivity index (χ3n) is 4.24. The van der Waals surface area contributed by atoms with Crippen molar-refractivity contribution in [3.63, 3.8) is 0 Å². The number of ether oxygens (including phenoxy) is 2. The van der Waals surface area contributed by atoms with E-state index in [4.69, 9.17) is 9.47 Å². The molecule has 5 heteroatoms. The second-order valence-electron chi connectivity index (χ2n) is 5.50. The number of benzene rings is 1. The minimum Gasteiger partial charge on any atom is -0.497 e. The van der Waals surface area contributed by atoms with Crippen molar-refractivity contribution in [1.29, 1.82) is 0 Å². The van der Waals surface area contributed by atoms with Crippen LogP contribution in [0.15, 0.2) is 42.7 Å². The average molecular weight is 312 g/mol. The molecule has 1 atom stereocenters. The van der Waals surface area contributed by atoms with Crippen molar-refractivity contribution in [1.82, 2.24) is 9.88 Å². The van der Waals surface area contributed by atoms with E-state index in [0.717, 1.165) is 36.4 Å². The molecule has 1 aliphatic rings. The Balaban J connectivity index is 1.91. The number of likely N-dealkylation sites (tertiary alicyclic amines) is 1. The summed E-state index contributed by atoms with van der Waals surface area (Å²) in [5, 5.41) is 0. The van der Waals surface area contributed by atoms with Gasteiger partial charge in [-0.25, -0.2) is 0 Å². The number of nitrogens with zero attached hydrogens (tertiary/aromatic N) is 2. The molecule has 1 fully saturated rings. The number of amides is 1. The van der Waals surface area contributed by atoms with Crippen LogP contribution in [0.1, 0.15) is 34.8 Å². The van der Waals surface area contributed by atoms with Gasteiger partial charge in [-0.2, -0.15) is 0 Å². The van der Waals surface area contributed by atoms with Crippen molar-refractivity contribution < 1.29 is 14.3 Å². The van der Waals surface area contributed by atoms with Crippen LogP contribution >= 0.6 is 0 Å². The standard InChI is InChI=1S/C18H20N2O3/c1-22-14-5-6-15(17(12-14)23-2)16-4-3-11-20(16)18(21)13-7-9-19-10-8-13/h5-10,12,16H,3-4,11H2,1-2H3/t16-/m0/s1. The number of carbonyl (C=O) groups is 1. The number of hydrogen-bond donors (Lipinski definition) is 0. The Bertz CT molecular complexity index is 688. The molecule has 2 aromatic rings. The molecular weight excluding hydrogens is 292 g/mol. The van der Waals surface area contributed by atoms with E-state index in [-0.39, 0.29) is 11.9 Å². The number of aromatic nitrogens is 1. The predicted octanol–water partition coefficient (Wildman–Crippen LogP) is 3.08. The SMILES string of the molecule is COc1ccc([C@@H]2CCCN2C(=O)c2ccncc2)c(OC)c1. The van der Waals surface area contributed by atoms with Gasteiger partial charge in [0, 0.05) is 36.1 Å².